The zero-order valence-corrected chi connectivity index (χ0v) is 15.4. The van der Waals surface area contributed by atoms with E-state index in [2.05, 4.69) is 20.4 Å². The van der Waals surface area contributed by atoms with Gasteiger partial charge in [0, 0.05) is 17.8 Å². The highest BCUT2D eigenvalue weighted by atomic mass is 35.5. The fourth-order valence-corrected chi connectivity index (χ4v) is 2.90. The second kappa shape index (κ2) is 6.98. The summed E-state index contributed by atoms with van der Waals surface area (Å²) in [6.45, 7) is 5.75. The summed E-state index contributed by atoms with van der Waals surface area (Å²) in [5, 5.41) is 7.79. The number of nitrogens with zero attached hydrogens (tertiary/aromatic N) is 4. The molecule has 3 rings (SSSR count). The van der Waals surface area contributed by atoms with Crippen molar-refractivity contribution in [2.45, 2.75) is 26.8 Å². The Labute approximate surface area is 154 Å². The van der Waals surface area contributed by atoms with Crippen LogP contribution in [0.3, 0.4) is 0 Å². The van der Waals surface area contributed by atoms with Gasteiger partial charge in [-0.05, 0) is 39.0 Å². The van der Waals surface area contributed by atoms with Crippen LogP contribution in [0.2, 0.25) is 10.2 Å². The van der Waals surface area contributed by atoms with Crippen molar-refractivity contribution in [3.05, 3.63) is 52.1 Å². The minimum absolute atomic E-state index is 0.0440. The quantitative estimate of drug-likeness (QED) is 0.654. The molecule has 0 unspecified atom stereocenters. The Morgan fingerprint density at radius 3 is 2.48 bits per heavy atom. The van der Waals surface area contributed by atoms with Crippen molar-refractivity contribution >= 4 is 29.0 Å². The van der Waals surface area contributed by atoms with Gasteiger partial charge in [0.1, 0.15) is 16.8 Å². The Bertz CT molecular complexity index is 903. The van der Waals surface area contributed by atoms with E-state index in [1.165, 1.54) is 16.8 Å². The molecular formula is C17H16Cl2FN5. The molecule has 0 spiro atoms. The Morgan fingerprint density at radius 1 is 1.12 bits per heavy atom. The average Bonchev–Trinajstić information content (AvgIpc) is 2.95. The van der Waals surface area contributed by atoms with Crippen LogP contribution in [0.4, 0.5) is 10.2 Å². The van der Waals surface area contributed by atoms with Gasteiger partial charge in [0.05, 0.1) is 16.3 Å². The lowest BCUT2D eigenvalue weighted by atomic mass is 10.1. The van der Waals surface area contributed by atoms with Crippen LogP contribution in [0, 0.1) is 12.7 Å². The van der Waals surface area contributed by atoms with Gasteiger partial charge >= 0.3 is 0 Å². The van der Waals surface area contributed by atoms with E-state index in [1.54, 1.807) is 12.3 Å². The summed E-state index contributed by atoms with van der Waals surface area (Å²) in [6.07, 6.45) is 1.73. The minimum Gasteiger partial charge on any atom is -0.367 e. The fraction of sp³-hybridized carbons (Fsp3) is 0.235. The Morgan fingerprint density at radius 2 is 1.88 bits per heavy atom. The van der Waals surface area contributed by atoms with Crippen molar-refractivity contribution in [1.82, 2.24) is 19.7 Å². The van der Waals surface area contributed by atoms with Crippen molar-refractivity contribution < 1.29 is 4.39 Å². The number of benzene rings is 1. The number of hydrogen-bond donors (Lipinski definition) is 1. The topological polar surface area (TPSA) is 55.6 Å². The maximum atomic E-state index is 14.4. The number of anilines is 1. The smallest absolute Gasteiger partial charge is 0.253 e. The first kappa shape index (κ1) is 17.6. The zero-order valence-electron chi connectivity index (χ0n) is 13.9. The summed E-state index contributed by atoms with van der Waals surface area (Å²) in [5.74, 6) is 0.190. The average molecular weight is 380 g/mol. The van der Waals surface area contributed by atoms with Crippen molar-refractivity contribution in [1.29, 1.82) is 0 Å². The summed E-state index contributed by atoms with van der Waals surface area (Å²) < 4.78 is 15.9. The Kier molecular flexibility index (Phi) is 4.92. The summed E-state index contributed by atoms with van der Waals surface area (Å²) in [6, 6.07) is 6.32. The molecule has 2 aromatic heterocycles. The van der Waals surface area contributed by atoms with Crippen LogP contribution in [0.5, 0.6) is 0 Å². The molecule has 1 N–H and O–H groups in total. The van der Waals surface area contributed by atoms with Gasteiger partial charge in [-0.1, -0.05) is 29.3 Å². The van der Waals surface area contributed by atoms with Crippen LogP contribution < -0.4 is 5.32 Å². The first-order valence-electron chi connectivity index (χ1n) is 7.68. The van der Waals surface area contributed by atoms with Crippen LogP contribution in [-0.2, 0) is 0 Å². The molecular weight excluding hydrogens is 364 g/mol. The highest BCUT2D eigenvalue weighted by Gasteiger charge is 2.22. The molecule has 1 aromatic carbocycles. The predicted molar refractivity (Wildman–Crippen MR) is 98.1 cm³/mol. The first-order chi connectivity index (χ1) is 11.9. The standard InChI is InChI=1S/C17H16Cl2FN5/c1-9(2)21-16-14(13-11(18)5-4-6-12(13)20)15(19)22-17(23-16)25-8-7-10(3)24-25/h4-9H,1-3H3,(H,21,22,23). The van der Waals surface area contributed by atoms with Crippen molar-refractivity contribution in [3.63, 3.8) is 0 Å². The van der Waals surface area contributed by atoms with E-state index in [-0.39, 0.29) is 27.7 Å². The monoisotopic (exact) mass is 379 g/mol. The summed E-state index contributed by atoms with van der Waals surface area (Å²) >= 11 is 12.6. The first-order valence-corrected chi connectivity index (χ1v) is 8.43. The second-order valence-electron chi connectivity index (χ2n) is 5.84. The molecule has 5 nitrogen and oxygen atoms in total. The largest absolute Gasteiger partial charge is 0.367 e. The second-order valence-corrected chi connectivity index (χ2v) is 6.60. The molecule has 2 heterocycles. The molecule has 130 valence electrons. The van der Waals surface area contributed by atoms with Crippen molar-refractivity contribution in [2.24, 2.45) is 0 Å². The van der Waals surface area contributed by atoms with E-state index in [1.807, 2.05) is 26.8 Å². The number of aromatic nitrogens is 4. The van der Waals surface area contributed by atoms with Crippen LogP contribution >= 0.6 is 23.2 Å². The number of rotatable bonds is 4. The van der Waals surface area contributed by atoms with Crippen LogP contribution in [0.1, 0.15) is 19.5 Å². The van der Waals surface area contributed by atoms with Crippen molar-refractivity contribution in [2.75, 3.05) is 5.32 Å². The lowest BCUT2D eigenvalue weighted by Crippen LogP contribution is -2.15. The molecule has 0 saturated carbocycles. The maximum absolute atomic E-state index is 14.4. The van der Waals surface area contributed by atoms with Gasteiger partial charge in [0.2, 0.25) is 0 Å². The summed E-state index contributed by atoms with van der Waals surface area (Å²) in [7, 11) is 0. The van der Waals surface area contributed by atoms with Crippen LogP contribution in [0.25, 0.3) is 17.1 Å². The summed E-state index contributed by atoms with van der Waals surface area (Å²) in [4.78, 5) is 8.76. The number of halogens is 3. The van der Waals surface area contributed by atoms with E-state index in [9.17, 15) is 4.39 Å². The van der Waals surface area contributed by atoms with Crippen LogP contribution in [-0.4, -0.2) is 25.8 Å². The molecule has 0 atom stereocenters. The van der Waals surface area contributed by atoms with Crippen molar-refractivity contribution in [3.8, 4) is 17.1 Å². The van der Waals surface area contributed by atoms with Gasteiger partial charge < -0.3 is 5.32 Å². The van der Waals surface area contributed by atoms with Crippen LogP contribution in [0.15, 0.2) is 30.5 Å². The van der Waals surface area contributed by atoms with Gasteiger partial charge in [-0.3, -0.25) is 0 Å². The number of aryl methyl sites for hydroxylation is 1. The maximum Gasteiger partial charge on any atom is 0.253 e. The molecule has 0 radical (unpaired) electrons. The highest BCUT2D eigenvalue weighted by Crippen LogP contribution is 2.39. The third kappa shape index (κ3) is 3.60. The normalized spacial score (nSPS) is 11.2. The lowest BCUT2D eigenvalue weighted by molar-refractivity contribution is 0.631. The van der Waals surface area contributed by atoms with Gasteiger partial charge in [0.25, 0.3) is 5.95 Å². The zero-order chi connectivity index (χ0) is 18.1. The fourth-order valence-electron chi connectivity index (χ4n) is 2.39. The third-order valence-electron chi connectivity index (χ3n) is 3.42. The third-order valence-corrected chi connectivity index (χ3v) is 4.01. The molecule has 0 aliphatic heterocycles. The molecule has 0 amide bonds. The molecule has 0 aliphatic rings. The van der Waals surface area contributed by atoms with E-state index >= 15 is 0 Å². The van der Waals surface area contributed by atoms with Gasteiger partial charge in [-0.25, -0.2) is 9.07 Å². The SMILES string of the molecule is Cc1ccn(-c2nc(Cl)c(-c3c(F)cccc3Cl)c(NC(C)C)n2)n1. The van der Waals surface area contributed by atoms with E-state index < -0.39 is 5.82 Å². The molecule has 8 heteroatoms. The van der Waals surface area contributed by atoms with E-state index in [4.69, 9.17) is 23.2 Å². The van der Waals surface area contributed by atoms with E-state index in [0.29, 0.717) is 11.4 Å². The molecule has 0 aliphatic carbocycles. The predicted octanol–water partition coefficient (Wildman–Crippen LogP) is 4.90. The van der Waals surface area contributed by atoms with Gasteiger partial charge in [-0.15, -0.1) is 0 Å². The molecule has 0 saturated heterocycles. The molecule has 0 bridgehead atoms. The lowest BCUT2D eigenvalue weighted by Gasteiger charge is -2.17. The van der Waals surface area contributed by atoms with Gasteiger partial charge in [0.15, 0.2) is 0 Å². The number of hydrogen-bond acceptors (Lipinski definition) is 4. The molecule has 3 aromatic rings. The highest BCUT2D eigenvalue weighted by molar-refractivity contribution is 6.36. The molecule has 25 heavy (non-hydrogen) atoms. The summed E-state index contributed by atoms with van der Waals surface area (Å²) in [5.41, 5.74) is 1.31. The Balaban J connectivity index is 2.24. The van der Waals surface area contributed by atoms with Gasteiger partial charge in [-0.2, -0.15) is 15.1 Å². The number of nitrogens with one attached hydrogen (secondary N) is 1. The minimum atomic E-state index is -0.493. The molecule has 0 fully saturated rings. The van der Waals surface area contributed by atoms with E-state index in [0.717, 1.165) is 5.69 Å². The Hall–Kier alpha value is -2.18.